The highest BCUT2D eigenvalue weighted by Gasteiger charge is 2.33. The Morgan fingerprint density at radius 1 is 1.07 bits per heavy atom. The lowest BCUT2D eigenvalue weighted by Gasteiger charge is -2.14. The molecule has 0 bridgehead atoms. The van der Waals surface area contributed by atoms with Crippen molar-refractivity contribution in [3.05, 3.63) is 87.4 Å². The third-order valence-electron chi connectivity index (χ3n) is 3.98. The highest BCUT2D eigenvalue weighted by molar-refractivity contribution is 9.10. The summed E-state index contributed by atoms with van der Waals surface area (Å²) in [6.45, 7) is 0. The smallest absolute Gasteiger partial charge is 0.270 e. The SMILES string of the molecule is O=C1C(=Cc2ccc(SCc3ccccc3)o2)SC(=S)N1c1ccc(Br)cc1. The quantitative estimate of drug-likeness (QED) is 0.226. The molecule has 1 aliphatic heterocycles. The van der Waals surface area contributed by atoms with Gasteiger partial charge < -0.3 is 4.42 Å². The lowest BCUT2D eigenvalue weighted by Crippen LogP contribution is -2.27. The molecule has 4 rings (SSSR count). The Bertz CT molecular complexity index is 1050. The van der Waals surface area contributed by atoms with Gasteiger partial charge >= 0.3 is 0 Å². The van der Waals surface area contributed by atoms with E-state index in [1.807, 2.05) is 54.6 Å². The van der Waals surface area contributed by atoms with Gasteiger partial charge in [-0.25, -0.2) is 0 Å². The number of anilines is 1. The Labute approximate surface area is 185 Å². The number of benzene rings is 2. The van der Waals surface area contributed by atoms with E-state index in [1.165, 1.54) is 17.3 Å². The molecule has 0 unspecified atom stereocenters. The lowest BCUT2D eigenvalue weighted by atomic mass is 10.2. The van der Waals surface area contributed by atoms with Crippen LogP contribution >= 0.6 is 51.7 Å². The van der Waals surface area contributed by atoms with Crippen molar-refractivity contribution in [3.8, 4) is 0 Å². The van der Waals surface area contributed by atoms with Crippen molar-refractivity contribution in [2.24, 2.45) is 0 Å². The third-order valence-corrected chi connectivity index (χ3v) is 6.79. The summed E-state index contributed by atoms with van der Waals surface area (Å²) >= 11 is 11.7. The van der Waals surface area contributed by atoms with E-state index in [-0.39, 0.29) is 5.91 Å². The number of carbonyl (C=O) groups excluding carboxylic acids is 1. The predicted molar refractivity (Wildman–Crippen MR) is 125 cm³/mol. The standard InChI is InChI=1S/C21H14BrNO2S3/c22-15-6-8-16(9-7-15)23-20(24)18(28-21(23)26)12-17-10-11-19(25-17)27-13-14-4-2-1-3-5-14/h1-12H,13H2. The van der Waals surface area contributed by atoms with E-state index in [4.69, 9.17) is 16.6 Å². The van der Waals surface area contributed by atoms with Crippen LogP contribution in [0, 0.1) is 0 Å². The molecule has 1 amide bonds. The van der Waals surface area contributed by atoms with Crippen molar-refractivity contribution in [2.45, 2.75) is 10.8 Å². The Hall–Kier alpha value is -1.80. The van der Waals surface area contributed by atoms with Gasteiger partial charge in [0.05, 0.1) is 10.6 Å². The first-order valence-electron chi connectivity index (χ1n) is 8.40. The zero-order valence-electron chi connectivity index (χ0n) is 14.5. The molecule has 1 saturated heterocycles. The van der Waals surface area contributed by atoms with Gasteiger partial charge in [0, 0.05) is 16.3 Å². The predicted octanol–water partition coefficient (Wildman–Crippen LogP) is 6.74. The second-order valence-electron chi connectivity index (χ2n) is 5.92. The van der Waals surface area contributed by atoms with Crippen LogP contribution in [0.1, 0.15) is 11.3 Å². The molecule has 0 aliphatic carbocycles. The van der Waals surface area contributed by atoms with Crippen molar-refractivity contribution in [2.75, 3.05) is 4.90 Å². The minimum absolute atomic E-state index is 0.132. The van der Waals surface area contributed by atoms with Gasteiger partial charge in [0.15, 0.2) is 9.41 Å². The van der Waals surface area contributed by atoms with Crippen LogP contribution in [0.2, 0.25) is 0 Å². The van der Waals surface area contributed by atoms with Crippen LogP contribution in [0.4, 0.5) is 5.69 Å². The monoisotopic (exact) mass is 487 g/mol. The van der Waals surface area contributed by atoms with Gasteiger partial charge in [-0.3, -0.25) is 9.69 Å². The molecule has 7 heteroatoms. The van der Waals surface area contributed by atoms with Gasteiger partial charge in [0.25, 0.3) is 5.91 Å². The summed E-state index contributed by atoms with van der Waals surface area (Å²) < 4.78 is 7.33. The molecule has 0 atom stereocenters. The zero-order chi connectivity index (χ0) is 19.5. The van der Waals surface area contributed by atoms with Gasteiger partial charge in [0.2, 0.25) is 0 Å². The number of hydrogen-bond donors (Lipinski definition) is 0. The zero-order valence-corrected chi connectivity index (χ0v) is 18.5. The summed E-state index contributed by atoms with van der Waals surface area (Å²) in [7, 11) is 0. The second kappa shape index (κ2) is 8.69. The first-order chi connectivity index (χ1) is 13.6. The van der Waals surface area contributed by atoms with Crippen LogP contribution in [0.15, 0.2) is 85.6 Å². The number of halogens is 1. The Morgan fingerprint density at radius 3 is 2.57 bits per heavy atom. The average Bonchev–Trinajstić information content (AvgIpc) is 3.26. The summed E-state index contributed by atoms with van der Waals surface area (Å²) in [6.07, 6.45) is 1.75. The molecule has 140 valence electrons. The van der Waals surface area contributed by atoms with E-state index in [0.29, 0.717) is 15.0 Å². The fourth-order valence-electron chi connectivity index (χ4n) is 2.63. The Morgan fingerprint density at radius 2 is 1.82 bits per heavy atom. The molecule has 0 N–H and O–H groups in total. The molecule has 0 spiro atoms. The van der Waals surface area contributed by atoms with Crippen molar-refractivity contribution >= 4 is 73.7 Å². The van der Waals surface area contributed by atoms with E-state index < -0.39 is 0 Å². The maximum Gasteiger partial charge on any atom is 0.270 e. The highest BCUT2D eigenvalue weighted by atomic mass is 79.9. The van der Waals surface area contributed by atoms with E-state index in [1.54, 1.807) is 22.7 Å². The normalized spacial score (nSPS) is 15.6. The molecule has 1 aliphatic rings. The summed E-state index contributed by atoms with van der Waals surface area (Å²) in [5.41, 5.74) is 1.99. The summed E-state index contributed by atoms with van der Waals surface area (Å²) in [4.78, 5) is 14.9. The number of thioether (sulfide) groups is 2. The molecular weight excluding hydrogens is 474 g/mol. The molecule has 2 aromatic carbocycles. The molecule has 3 aromatic rings. The minimum Gasteiger partial charge on any atom is -0.450 e. The Kier molecular flexibility index (Phi) is 6.06. The van der Waals surface area contributed by atoms with Crippen LogP contribution < -0.4 is 4.90 Å². The Balaban J connectivity index is 1.47. The molecule has 1 aromatic heterocycles. The lowest BCUT2D eigenvalue weighted by molar-refractivity contribution is -0.113. The largest absolute Gasteiger partial charge is 0.450 e. The average molecular weight is 488 g/mol. The molecule has 0 radical (unpaired) electrons. The van der Waals surface area contributed by atoms with Crippen molar-refractivity contribution in [3.63, 3.8) is 0 Å². The van der Waals surface area contributed by atoms with Gasteiger partial charge in [0.1, 0.15) is 5.76 Å². The highest BCUT2D eigenvalue weighted by Crippen LogP contribution is 2.37. The topological polar surface area (TPSA) is 33.5 Å². The van der Waals surface area contributed by atoms with Gasteiger partial charge in [-0.2, -0.15) is 0 Å². The van der Waals surface area contributed by atoms with E-state index in [2.05, 4.69) is 28.1 Å². The van der Waals surface area contributed by atoms with E-state index >= 15 is 0 Å². The van der Waals surface area contributed by atoms with Crippen molar-refractivity contribution in [1.29, 1.82) is 0 Å². The number of carbonyl (C=O) groups is 1. The van der Waals surface area contributed by atoms with Crippen molar-refractivity contribution < 1.29 is 9.21 Å². The molecule has 2 heterocycles. The second-order valence-corrected chi connectivity index (χ2v) is 9.50. The molecule has 0 saturated carbocycles. The molecular formula is C21H14BrNO2S3. The first kappa shape index (κ1) is 19.5. The maximum absolute atomic E-state index is 12.8. The van der Waals surface area contributed by atoms with Crippen LogP contribution in [0.25, 0.3) is 6.08 Å². The van der Waals surface area contributed by atoms with Crippen LogP contribution in [-0.2, 0) is 10.5 Å². The number of amides is 1. The fraction of sp³-hybridized carbons (Fsp3) is 0.0476. The number of nitrogens with zero attached hydrogens (tertiary/aromatic N) is 1. The molecule has 1 fully saturated rings. The van der Waals surface area contributed by atoms with Gasteiger partial charge in [-0.1, -0.05) is 82.0 Å². The molecule has 28 heavy (non-hydrogen) atoms. The summed E-state index contributed by atoms with van der Waals surface area (Å²) in [5.74, 6) is 1.35. The van der Waals surface area contributed by atoms with Crippen LogP contribution in [0.5, 0.6) is 0 Å². The number of rotatable bonds is 5. The summed E-state index contributed by atoms with van der Waals surface area (Å²) in [5, 5.41) is 0.818. The molecule has 3 nitrogen and oxygen atoms in total. The summed E-state index contributed by atoms with van der Waals surface area (Å²) in [6, 6.07) is 21.5. The third kappa shape index (κ3) is 4.43. The number of hydrogen-bond acceptors (Lipinski definition) is 5. The van der Waals surface area contributed by atoms with Crippen LogP contribution in [-0.4, -0.2) is 10.2 Å². The first-order valence-corrected chi connectivity index (χ1v) is 11.4. The van der Waals surface area contributed by atoms with Gasteiger partial charge in [-0.05, 0) is 42.0 Å². The maximum atomic E-state index is 12.8. The number of thiocarbonyl (C=S) groups is 1. The van der Waals surface area contributed by atoms with Crippen molar-refractivity contribution in [1.82, 2.24) is 0 Å². The van der Waals surface area contributed by atoms with E-state index in [0.717, 1.165) is 21.0 Å². The van der Waals surface area contributed by atoms with Crippen LogP contribution in [0.3, 0.4) is 0 Å². The number of furan rings is 1. The fourth-order valence-corrected chi connectivity index (χ4v) is 4.99. The van der Waals surface area contributed by atoms with Gasteiger partial charge in [-0.15, -0.1) is 0 Å². The van der Waals surface area contributed by atoms with E-state index in [9.17, 15) is 4.79 Å². The minimum atomic E-state index is -0.132.